The van der Waals surface area contributed by atoms with Crippen molar-refractivity contribution in [1.82, 2.24) is 0 Å². The van der Waals surface area contributed by atoms with Gasteiger partial charge >= 0.3 is 0 Å². The highest BCUT2D eigenvalue weighted by atomic mass is 127. The molecule has 0 aliphatic heterocycles. The number of hydrogen-bond donors (Lipinski definition) is 0. The Balaban J connectivity index is 2.64. The van der Waals surface area contributed by atoms with Crippen LogP contribution in [0.3, 0.4) is 0 Å². The fraction of sp³-hybridized carbons (Fsp3) is 0.333. The van der Waals surface area contributed by atoms with Gasteiger partial charge in [-0.2, -0.15) is 0 Å². The van der Waals surface area contributed by atoms with E-state index in [2.05, 4.69) is 53.8 Å². The van der Waals surface area contributed by atoms with E-state index in [1.807, 2.05) is 0 Å². The lowest BCUT2D eigenvalue weighted by Gasteiger charge is -2.05. The van der Waals surface area contributed by atoms with Crippen LogP contribution in [0.4, 0.5) is 0 Å². The van der Waals surface area contributed by atoms with Gasteiger partial charge in [-0.3, -0.25) is 0 Å². The summed E-state index contributed by atoms with van der Waals surface area (Å²) in [6.07, 6.45) is 11.1. The molecule has 0 saturated heterocycles. The molecule has 0 unspecified atom stereocenters. The van der Waals surface area contributed by atoms with Crippen molar-refractivity contribution in [2.75, 3.05) is 0 Å². The van der Waals surface area contributed by atoms with Gasteiger partial charge in [0.1, 0.15) is 0 Å². The van der Waals surface area contributed by atoms with Crippen molar-refractivity contribution in [3.63, 3.8) is 0 Å². The van der Waals surface area contributed by atoms with E-state index in [1.54, 1.807) is 0 Å². The summed E-state index contributed by atoms with van der Waals surface area (Å²) >= 11 is 2.39. The summed E-state index contributed by atoms with van der Waals surface area (Å²) in [4.78, 5) is 0. The smallest absolute Gasteiger partial charge is 0.00907 e. The molecule has 0 heterocycles. The summed E-state index contributed by atoms with van der Waals surface area (Å²) in [6.45, 7) is 2.06. The third-order valence-electron chi connectivity index (χ3n) is 1.51. The zero-order valence-corrected chi connectivity index (χ0v) is 8.26. The predicted molar refractivity (Wildman–Crippen MR) is 54.2 cm³/mol. The van der Waals surface area contributed by atoms with Crippen LogP contribution in [0.25, 0.3) is 0 Å². The summed E-state index contributed by atoms with van der Waals surface area (Å²) in [6, 6.07) is 0. The summed E-state index contributed by atoms with van der Waals surface area (Å²) in [5, 5.41) is 0. The highest BCUT2D eigenvalue weighted by molar-refractivity contribution is 14.1. The molecule has 0 radical (unpaired) electrons. The summed E-state index contributed by atoms with van der Waals surface area (Å²) in [5.74, 6) is 0. The molecular weight excluding hydrogens is 235 g/mol. The van der Waals surface area contributed by atoms with Crippen molar-refractivity contribution in [3.8, 4) is 0 Å². The van der Waals surface area contributed by atoms with Gasteiger partial charge in [0, 0.05) is 0 Å². The molecule has 0 aromatic heterocycles. The Kier molecular flexibility index (Phi) is 3.19. The largest absolute Gasteiger partial charge is 0.0874 e. The molecule has 1 aliphatic carbocycles. The number of hydrogen-bond acceptors (Lipinski definition) is 0. The van der Waals surface area contributed by atoms with E-state index in [0.29, 0.717) is 0 Å². The summed E-state index contributed by atoms with van der Waals surface area (Å²) < 4.78 is 1.46. The minimum Gasteiger partial charge on any atom is -0.0874 e. The molecule has 0 spiro atoms. The molecule has 1 aliphatic rings. The van der Waals surface area contributed by atoms with Crippen molar-refractivity contribution in [1.29, 1.82) is 0 Å². The highest BCUT2D eigenvalue weighted by Gasteiger charge is 1.99. The molecule has 10 heavy (non-hydrogen) atoms. The highest BCUT2D eigenvalue weighted by Crippen LogP contribution is 2.23. The maximum absolute atomic E-state index is 2.39. The van der Waals surface area contributed by atoms with Crippen molar-refractivity contribution in [3.05, 3.63) is 33.5 Å². The first kappa shape index (κ1) is 8.05. The monoisotopic (exact) mass is 246 g/mol. The van der Waals surface area contributed by atoms with Crippen LogP contribution in [0.2, 0.25) is 0 Å². The number of halogens is 1. The van der Waals surface area contributed by atoms with Gasteiger partial charge in [0.05, 0.1) is 0 Å². The van der Waals surface area contributed by atoms with Gasteiger partial charge in [-0.05, 0) is 51.5 Å². The quantitative estimate of drug-likeness (QED) is 0.620. The zero-order chi connectivity index (χ0) is 7.40. The molecule has 1 rings (SSSR count). The molecule has 1 heteroatoms. The second-order valence-corrected chi connectivity index (χ2v) is 3.74. The van der Waals surface area contributed by atoms with Gasteiger partial charge in [0.2, 0.25) is 0 Å². The maximum Gasteiger partial charge on any atom is -0.00907 e. The predicted octanol–water partition coefficient (Wildman–Crippen LogP) is 3.60. The summed E-state index contributed by atoms with van der Waals surface area (Å²) in [5.41, 5.74) is 1.45. The first-order valence-corrected chi connectivity index (χ1v) is 4.58. The van der Waals surface area contributed by atoms with Crippen LogP contribution >= 0.6 is 22.6 Å². The molecule has 0 bridgehead atoms. The minimum atomic E-state index is 1.21. The molecule has 0 N–H and O–H groups in total. The van der Waals surface area contributed by atoms with Crippen molar-refractivity contribution < 1.29 is 0 Å². The van der Waals surface area contributed by atoms with E-state index in [1.165, 1.54) is 22.0 Å². The summed E-state index contributed by atoms with van der Waals surface area (Å²) in [7, 11) is 0. The van der Waals surface area contributed by atoms with Crippen LogP contribution in [0.15, 0.2) is 33.5 Å². The number of rotatable bonds is 1. The van der Waals surface area contributed by atoms with E-state index >= 15 is 0 Å². The Morgan fingerprint density at radius 2 is 2.20 bits per heavy atom. The first-order chi connectivity index (χ1) is 4.83. The molecule has 0 aromatic rings. The van der Waals surface area contributed by atoms with Crippen molar-refractivity contribution >= 4 is 22.6 Å². The molecule has 54 valence electrons. The second kappa shape index (κ2) is 3.96. The van der Waals surface area contributed by atoms with Crippen LogP contribution in [0, 0.1) is 0 Å². The Labute approximate surface area is 75.8 Å². The first-order valence-electron chi connectivity index (χ1n) is 3.51. The van der Waals surface area contributed by atoms with E-state index < -0.39 is 0 Å². The SMILES string of the molecule is C/C=C/C1=CC=C(I)CC1. The van der Waals surface area contributed by atoms with E-state index in [9.17, 15) is 0 Å². The second-order valence-electron chi connectivity index (χ2n) is 2.36. The lowest BCUT2D eigenvalue weighted by molar-refractivity contribution is 0.984. The van der Waals surface area contributed by atoms with E-state index in [-0.39, 0.29) is 0 Å². The van der Waals surface area contributed by atoms with Gasteiger partial charge in [0.15, 0.2) is 0 Å². The number of allylic oxidation sites excluding steroid dienone is 6. The molecule has 0 nitrogen and oxygen atoms in total. The van der Waals surface area contributed by atoms with Crippen LogP contribution in [0.1, 0.15) is 19.8 Å². The molecule has 0 amide bonds. The average Bonchev–Trinajstić information content (AvgIpc) is 1.95. The Bertz CT molecular complexity index is 197. The van der Waals surface area contributed by atoms with E-state index in [0.717, 1.165) is 0 Å². The standard InChI is InChI=1S/C9H11I/c1-2-3-8-4-6-9(10)7-5-8/h2-4,6H,5,7H2,1H3/b3-2+. The third kappa shape index (κ3) is 2.29. The third-order valence-corrected chi connectivity index (χ3v) is 2.41. The molecule has 0 saturated carbocycles. The molecule has 0 aromatic carbocycles. The Hall–Kier alpha value is -0.0500. The Morgan fingerprint density at radius 1 is 1.40 bits per heavy atom. The average molecular weight is 246 g/mol. The van der Waals surface area contributed by atoms with Crippen LogP contribution in [-0.4, -0.2) is 0 Å². The van der Waals surface area contributed by atoms with Crippen LogP contribution < -0.4 is 0 Å². The Morgan fingerprint density at radius 3 is 2.70 bits per heavy atom. The van der Waals surface area contributed by atoms with Crippen molar-refractivity contribution in [2.45, 2.75) is 19.8 Å². The lowest BCUT2D eigenvalue weighted by atomic mass is 10.1. The topological polar surface area (TPSA) is 0 Å². The molecular formula is C9H11I. The zero-order valence-electron chi connectivity index (χ0n) is 6.10. The van der Waals surface area contributed by atoms with Crippen molar-refractivity contribution in [2.24, 2.45) is 0 Å². The fourth-order valence-electron chi connectivity index (χ4n) is 0.981. The minimum absolute atomic E-state index is 1.21. The molecule has 0 atom stereocenters. The van der Waals surface area contributed by atoms with Gasteiger partial charge in [-0.1, -0.05) is 24.3 Å². The fourth-order valence-corrected chi connectivity index (χ4v) is 1.43. The van der Waals surface area contributed by atoms with Crippen LogP contribution in [-0.2, 0) is 0 Å². The van der Waals surface area contributed by atoms with Gasteiger partial charge < -0.3 is 0 Å². The van der Waals surface area contributed by atoms with E-state index in [4.69, 9.17) is 0 Å². The maximum atomic E-state index is 2.39. The van der Waals surface area contributed by atoms with Gasteiger partial charge in [-0.25, -0.2) is 0 Å². The van der Waals surface area contributed by atoms with Gasteiger partial charge in [-0.15, -0.1) is 0 Å². The lowest BCUT2D eigenvalue weighted by Crippen LogP contribution is -1.85. The van der Waals surface area contributed by atoms with Crippen LogP contribution in [0.5, 0.6) is 0 Å². The molecule has 0 fully saturated rings. The normalized spacial score (nSPS) is 19.0. The van der Waals surface area contributed by atoms with Gasteiger partial charge in [0.25, 0.3) is 0 Å².